The van der Waals surface area contributed by atoms with Crippen molar-refractivity contribution in [2.45, 2.75) is 0 Å². The van der Waals surface area contributed by atoms with Crippen LogP contribution in [0.2, 0.25) is 5.02 Å². The van der Waals surface area contributed by atoms with Crippen molar-refractivity contribution in [1.29, 1.82) is 0 Å². The van der Waals surface area contributed by atoms with Crippen molar-refractivity contribution in [3.63, 3.8) is 0 Å². The topological polar surface area (TPSA) is 78.4 Å². The van der Waals surface area contributed by atoms with E-state index in [1.54, 1.807) is 17.5 Å². The molecule has 0 saturated carbocycles. The third kappa shape index (κ3) is 3.24. The lowest BCUT2D eigenvalue weighted by Gasteiger charge is -2.10. The number of carbonyl (C=O) groups excluding carboxylic acids is 1. The van der Waals surface area contributed by atoms with Gasteiger partial charge in [-0.2, -0.15) is 11.3 Å². The second-order valence-corrected chi connectivity index (χ2v) is 4.75. The van der Waals surface area contributed by atoms with Gasteiger partial charge in [0.2, 0.25) is 0 Å². The number of urea groups is 1. The normalized spacial score (nSPS) is 9.95. The first kappa shape index (κ1) is 13.4. The van der Waals surface area contributed by atoms with E-state index in [1.165, 1.54) is 23.5 Å². The average molecular weight is 297 g/mol. The Balaban J connectivity index is 2.17. The van der Waals surface area contributed by atoms with Crippen LogP contribution in [-0.2, 0) is 0 Å². The number of hydrogen-bond donors (Lipinski definition) is 3. The molecule has 7 heteroatoms. The van der Waals surface area contributed by atoms with Crippen molar-refractivity contribution < 1.29 is 14.7 Å². The van der Waals surface area contributed by atoms with E-state index in [0.717, 1.165) is 0 Å². The molecule has 0 bridgehead atoms. The van der Waals surface area contributed by atoms with Gasteiger partial charge < -0.3 is 15.7 Å². The smallest absolute Gasteiger partial charge is 0.339 e. The van der Waals surface area contributed by atoms with Gasteiger partial charge in [0.05, 0.1) is 16.4 Å². The predicted molar refractivity (Wildman–Crippen MR) is 75.4 cm³/mol. The number of carbonyl (C=O) groups is 2. The zero-order valence-corrected chi connectivity index (χ0v) is 11.1. The molecule has 0 saturated heterocycles. The summed E-state index contributed by atoms with van der Waals surface area (Å²) in [5.41, 5.74) is 0.652. The summed E-state index contributed by atoms with van der Waals surface area (Å²) in [4.78, 5) is 22.8. The Morgan fingerprint density at radius 3 is 2.63 bits per heavy atom. The number of halogens is 1. The molecular weight excluding hydrogens is 288 g/mol. The predicted octanol–water partition coefficient (Wildman–Crippen LogP) is 3.74. The van der Waals surface area contributed by atoms with Crippen LogP contribution < -0.4 is 10.6 Å². The maximum atomic E-state index is 11.7. The monoisotopic (exact) mass is 296 g/mol. The fourth-order valence-corrected chi connectivity index (χ4v) is 2.31. The molecule has 2 aromatic rings. The van der Waals surface area contributed by atoms with E-state index < -0.39 is 12.0 Å². The van der Waals surface area contributed by atoms with Gasteiger partial charge in [0.1, 0.15) is 5.56 Å². The quantitative estimate of drug-likeness (QED) is 0.807. The average Bonchev–Trinajstić information content (AvgIpc) is 2.81. The van der Waals surface area contributed by atoms with Crippen LogP contribution in [0.4, 0.5) is 16.2 Å². The molecule has 98 valence electrons. The summed E-state index contributed by atoms with van der Waals surface area (Å²) in [6.07, 6.45) is 0. The third-order valence-corrected chi connectivity index (χ3v) is 3.25. The fourth-order valence-electron chi connectivity index (χ4n) is 1.47. The van der Waals surface area contributed by atoms with Crippen molar-refractivity contribution in [1.82, 2.24) is 0 Å². The highest BCUT2D eigenvalue weighted by atomic mass is 35.5. The number of anilines is 2. The molecule has 0 aliphatic heterocycles. The number of carboxylic acid groups (broad SMARTS) is 1. The lowest BCUT2D eigenvalue weighted by atomic mass is 10.2. The van der Waals surface area contributed by atoms with Crippen LogP contribution >= 0.6 is 22.9 Å². The van der Waals surface area contributed by atoms with Gasteiger partial charge in [-0.3, -0.25) is 0 Å². The molecule has 2 amide bonds. The van der Waals surface area contributed by atoms with Crippen LogP contribution in [-0.4, -0.2) is 17.1 Å². The molecular formula is C12H9ClN2O3S. The van der Waals surface area contributed by atoms with Crippen LogP contribution in [0.3, 0.4) is 0 Å². The Kier molecular flexibility index (Phi) is 4.03. The molecule has 0 fully saturated rings. The van der Waals surface area contributed by atoms with Gasteiger partial charge in [0.15, 0.2) is 0 Å². The summed E-state index contributed by atoms with van der Waals surface area (Å²) in [5.74, 6) is -1.20. The van der Waals surface area contributed by atoms with Crippen molar-refractivity contribution in [2.75, 3.05) is 10.6 Å². The minimum atomic E-state index is -1.20. The minimum absolute atomic E-state index is 0.0702. The van der Waals surface area contributed by atoms with E-state index in [9.17, 15) is 9.59 Å². The fraction of sp³-hybridized carbons (Fsp3) is 0. The zero-order chi connectivity index (χ0) is 13.8. The van der Waals surface area contributed by atoms with E-state index in [0.29, 0.717) is 5.69 Å². The number of nitrogens with one attached hydrogen (secondary N) is 2. The highest BCUT2D eigenvalue weighted by Crippen LogP contribution is 2.24. The first-order valence-electron chi connectivity index (χ1n) is 5.20. The van der Waals surface area contributed by atoms with Gasteiger partial charge >= 0.3 is 12.0 Å². The Morgan fingerprint density at radius 2 is 2.00 bits per heavy atom. The SMILES string of the molecule is O=C(Nc1ccsc1)Nc1cccc(Cl)c1C(=O)O. The number of rotatable bonds is 3. The van der Waals surface area contributed by atoms with Gasteiger partial charge in [-0.1, -0.05) is 17.7 Å². The number of hydrogen-bond acceptors (Lipinski definition) is 3. The summed E-state index contributed by atoms with van der Waals surface area (Å²) < 4.78 is 0. The second kappa shape index (κ2) is 5.73. The van der Waals surface area contributed by atoms with E-state index in [1.807, 2.05) is 5.38 Å². The molecule has 0 aliphatic carbocycles. The van der Waals surface area contributed by atoms with Crippen LogP contribution in [0.5, 0.6) is 0 Å². The molecule has 1 aromatic carbocycles. The Labute approximate surface area is 117 Å². The molecule has 3 N–H and O–H groups in total. The Hall–Kier alpha value is -2.05. The first-order chi connectivity index (χ1) is 9.08. The molecule has 0 spiro atoms. The molecule has 19 heavy (non-hydrogen) atoms. The van der Waals surface area contributed by atoms with Crippen molar-refractivity contribution >= 4 is 46.3 Å². The largest absolute Gasteiger partial charge is 0.478 e. The maximum Gasteiger partial charge on any atom is 0.339 e. The van der Waals surface area contributed by atoms with Gasteiger partial charge in [-0.15, -0.1) is 0 Å². The Bertz CT molecular complexity index is 613. The molecule has 1 aromatic heterocycles. The molecule has 0 radical (unpaired) electrons. The van der Waals surface area contributed by atoms with Gasteiger partial charge in [-0.25, -0.2) is 9.59 Å². The number of carboxylic acids is 1. The van der Waals surface area contributed by atoms with Crippen molar-refractivity contribution in [3.05, 3.63) is 45.6 Å². The first-order valence-corrected chi connectivity index (χ1v) is 6.52. The highest BCUT2D eigenvalue weighted by Gasteiger charge is 2.16. The van der Waals surface area contributed by atoms with Crippen LogP contribution in [0.1, 0.15) is 10.4 Å². The summed E-state index contributed by atoms with van der Waals surface area (Å²) in [6.45, 7) is 0. The lowest BCUT2D eigenvalue weighted by molar-refractivity contribution is 0.0698. The minimum Gasteiger partial charge on any atom is -0.478 e. The molecule has 0 atom stereocenters. The summed E-state index contributed by atoms with van der Waals surface area (Å²) in [6, 6.07) is 5.70. The Morgan fingerprint density at radius 1 is 1.21 bits per heavy atom. The number of thiophene rings is 1. The number of amides is 2. The van der Waals surface area contributed by atoms with E-state index >= 15 is 0 Å². The summed E-state index contributed by atoms with van der Waals surface area (Å²) in [5, 5.41) is 17.7. The van der Waals surface area contributed by atoms with Crippen LogP contribution in [0, 0.1) is 0 Å². The van der Waals surface area contributed by atoms with Crippen molar-refractivity contribution in [3.8, 4) is 0 Å². The lowest BCUT2D eigenvalue weighted by Crippen LogP contribution is -2.20. The third-order valence-electron chi connectivity index (χ3n) is 2.25. The molecule has 0 unspecified atom stereocenters. The molecule has 2 rings (SSSR count). The van der Waals surface area contributed by atoms with E-state index in [2.05, 4.69) is 10.6 Å². The highest BCUT2D eigenvalue weighted by molar-refractivity contribution is 7.08. The van der Waals surface area contributed by atoms with Gasteiger partial charge in [0.25, 0.3) is 0 Å². The van der Waals surface area contributed by atoms with Crippen LogP contribution in [0.15, 0.2) is 35.0 Å². The van der Waals surface area contributed by atoms with Gasteiger partial charge in [0, 0.05) is 5.38 Å². The van der Waals surface area contributed by atoms with E-state index in [-0.39, 0.29) is 16.3 Å². The molecule has 1 heterocycles. The summed E-state index contributed by atoms with van der Waals surface area (Å²) >= 11 is 7.24. The standard InChI is InChI=1S/C12H9ClN2O3S/c13-8-2-1-3-9(10(8)11(16)17)15-12(18)14-7-4-5-19-6-7/h1-6H,(H,16,17)(H2,14,15,18). The van der Waals surface area contributed by atoms with Crippen molar-refractivity contribution in [2.24, 2.45) is 0 Å². The number of aromatic carboxylic acids is 1. The number of benzene rings is 1. The maximum absolute atomic E-state index is 11.7. The second-order valence-electron chi connectivity index (χ2n) is 3.56. The van der Waals surface area contributed by atoms with Crippen LogP contribution in [0.25, 0.3) is 0 Å². The summed E-state index contributed by atoms with van der Waals surface area (Å²) in [7, 11) is 0. The zero-order valence-electron chi connectivity index (χ0n) is 9.51. The van der Waals surface area contributed by atoms with Gasteiger partial charge in [-0.05, 0) is 23.6 Å². The molecule has 5 nitrogen and oxygen atoms in total. The van der Waals surface area contributed by atoms with E-state index in [4.69, 9.17) is 16.7 Å². The molecule has 0 aliphatic rings.